The summed E-state index contributed by atoms with van der Waals surface area (Å²) in [5.41, 5.74) is -0.848. The summed E-state index contributed by atoms with van der Waals surface area (Å²) in [6.07, 6.45) is 0.895. The minimum atomic E-state index is -3.70. The van der Waals surface area contributed by atoms with Crippen molar-refractivity contribution in [3.63, 3.8) is 0 Å². The SMILES string of the molecule is O=S(=O)(NC1(CO)CCOCC1)c1cccc(Cl)c1. The van der Waals surface area contributed by atoms with Gasteiger partial charge in [0.15, 0.2) is 0 Å². The van der Waals surface area contributed by atoms with E-state index in [2.05, 4.69) is 4.72 Å². The van der Waals surface area contributed by atoms with E-state index in [-0.39, 0.29) is 11.5 Å². The summed E-state index contributed by atoms with van der Waals surface area (Å²) in [5.74, 6) is 0. The van der Waals surface area contributed by atoms with Gasteiger partial charge in [-0.3, -0.25) is 0 Å². The molecule has 2 N–H and O–H groups in total. The molecule has 1 aliphatic rings. The van der Waals surface area contributed by atoms with Crippen LogP contribution in [0.25, 0.3) is 0 Å². The Morgan fingerprint density at radius 3 is 2.63 bits per heavy atom. The highest BCUT2D eigenvalue weighted by Gasteiger charge is 2.36. The fourth-order valence-corrected chi connectivity index (χ4v) is 3.78. The minimum absolute atomic E-state index is 0.0966. The quantitative estimate of drug-likeness (QED) is 0.875. The Morgan fingerprint density at radius 2 is 2.05 bits per heavy atom. The Labute approximate surface area is 117 Å². The monoisotopic (exact) mass is 305 g/mol. The van der Waals surface area contributed by atoms with Gasteiger partial charge in [0.05, 0.1) is 17.0 Å². The van der Waals surface area contributed by atoms with E-state index in [0.29, 0.717) is 31.1 Å². The smallest absolute Gasteiger partial charge is 0.241 e. The van der Waals surface area contributed by atoms with Crippen LogP contribution in [0.5, 0.6) is 0 Å². The molecule has 5 nitrogen and oxygen atoms in total. The first kappa shape index (κ1) is 14.7. The lowest BCUT2D eigenvalue weighted by molar-refractivity contribution is 0.0223. The molecule has 0 atom stereocenters. The van der Waals surface area contributed by atoms with E-state index in [1.165, 1.54) is 12.1 Å². The number of ether oxygens (including phenoxy) is 1. The molecule has 0 amide bonds. The highest BCUT2D eigenvalue weighted by molar-refractivity contribution is 7.89. The summed E-state index contributed by atoms with van der Waals surface area (Å²) in [5, 5.41) is 9.85. The second-order valence-electron chi connectivity index (χ2n) is 4.61. The average Bonchev–Trinajstić information content (AvgIpc) is 2.39. The third-order valence-corrected chi connectivity index (χ3v) is 5.02. The maximum atomic E-state index is 12.3. The predicted octanol–water partition coefficient (Wildman–Crippen LogP) is 1.16. The summed E-state index contributed by atoms with van der Waals surface area (Å²) in [6.45, 7) is 0.605. The first-order chi connectivity index (χ1) is 8.97. The predicted molar refractivity (Wildman–Crippen MR) is 71.6 cm³/mol. The topological polar surface area (TPSA) is 75.6 Å². The zero-order valence-corrected chi connectivity index (χ0v) is 11.9. The molecule has 0 aromatic heterocycles. The fourth-order valence-electron chi connectivity index (χ4n) is 2.03. The van der Waals surface area contributed by atoms with E-state index in [4.69, 9.17) is 16.3 Å². The summed E-state index contributed by atoms with van der Waals surface area (Å²) >= 11 is 5.80. The summed E-state index contributed by atoms with van der Waals surface area (Å²) in [7, 11) is -3.70. The molecule has 0 spiro atoms. The van der Waals surface area contributed by atoms with Crippen molar-refractivity contribution in [3.05, 3.63) is 29.3 Å². The van der Waals surface area contributed by atoms with Gasteiger partial charge in [0.1, 0.15) is 0 Å². The van der Waals surface area contributed by atoms with Crippen LogP contribution < -0.4 is 4.72 Å². The van der Waals surface area contributed by atoms with Gasteiger partial charge in [-0.1, -0.05) is 17.7 Å². The lowest BCUT2D eigenvalue weighted by atomic mass is 9.93. The zero-order chi connectivity index (χ0) is 13.9. The third kappa shape index (κ3) is 3.46. The molecule has 0 aliphatic carbocycles. The Bertz CT molecular complexity index is 540. The first-order valence-corrected chi connectivity index (χ1v) is 7.82. The summed E-state index contributed by atoms with van der Waals surface area (Å²) < 4.78 is 32.4. The van der Waals surface area contributed by atoms with E-state index < -0.39 is 15.6 Å². The molecular formula is C12H16ClNO4S. The fraction of sp³-hybridized carbons (Fsp3) is 0.500. The van der Waals surface area contributed by atoms with Crippen molar-refractivity contribution in [2.24, 2.45) is 0 Å². The lowest BCUT2D eigenvalue weighted by Crippen LogP contribution is -2.54. The van der Waals surface area contributed by atoms with E-state index in [1.54, 1.807) is 12.1 Å². The molecule has 1 aromatic carbocycles. The van der Waals surface area contributed by atoms with Gasteiger partial charge in [-0.15, -0.1) is 0 Å². The highest BCUT2D eigenvalue weighted by atomic mass is 35.5. The number of hydrogen-bond acceptors (Lipinski definition) is 4. The number of halogens is 1. The van der Waals surface area contributed by atoms with Gasteiger partial charge in [-0.2, -0.15) is 0 Å². The van der Waals surface area contributed by atoms with Gasteiger partial charge in [-0.05, 0) is 31.0 Å². The van der Waals surface area contributed by atoms with Crippen molar-refractivity contribution in [1.29, 1.82) is 0 Å². The van der Waals surface area contributed by atoms with Crippen LogP contribution in [0, 0.1) is 0 Å². The van der Waals surface area contributed by atoms with Gasteiger partial charge in [0.25, 0.3) is 0 Å². The molecule has 1 heterocycles. The van der Waals surface area contributed by atoms with Crippen LogP contribution in [0.4, 0.5) is 0 Å². The number of aliphatic hydroxyl groups is 1. The molecule has 1 aliphatic heterocycles. The van der Waals surface area contributed by atoms with Gasteiger partial charge >= 0.3 is 0 Å². The normalized spacial score (nSPS) is 19.3. The first-order valence-electron chi connectivity index (χ1n) is 5.96. The Hall–Kier alpha value is -0.660. The number of benzene rings is 1. The number of aliphatic hydroxyl groups excluding tert-OH is 1. The Kier molecular flexibility index (Phi) is 4.47. The summed E-state index contributed by atoms with van der Waals surface area (Å²) in [6, 6.07) is 6.04. The number of sulfonamides is 1. The Balaban J connectivity index is 2.25. The molecule has 0 saturated carbocycles. The van der Waals surface area contributed by atoms with Crippen molar-refractivity contribution in [3.8, 4) is 0 Å². The van der Waals surface area contributed by atoms with Crippen LogP contribution in [0.2, 0.25) is 5.02 Å². The molecule has 1 aromatic rings. The van der Waals surface area contributed by atoms with Gasteiger partial charge < -0.3 is 9.84 Å². The molecule has 1 fully saturated rings. The molecule has 7 heteroatoms. The largest absolute Gasteiger partial charge is 0.394 e. The van der Waals surface area contributed by atoms with E-state index in [1.807, 2.05) is 0 Å². The minimum Gasteiger partial charge on any atom is -0.394 e. The lowest BCUT2D eigenvalue weighted by Gasteiger charge is -2.35. The van der Waals surface area contributed by atoms with Crippen molar-refractivity contribution in [1.82, 2.24) is 4.72 Å². The van der Waals surface area contributed by atoms with Gasteiger partial charge in [-0.25, -0.2) is 13.1 Å². The van der Waals surface area contributed by atoms with E-state index >= 15 is 0 Å². The average molecular weight is 306 g/mol. The van der Waals surface area contributed by atoms with Crippen LogP contribution in [0.15, 0.2) is 29.2 Å². The molecule has 0 radical (unpaired) electrons. The van der Waals surface area contributed by atoms with Crippen LogP contribution in [0.3, 0.4) is 0 Å². The molecule has 0 unspecified atom stereocenters. The molecule has 106 valence electrons. The molecule has 2 rings (SSSR count). The van der Waals surface area contributed by atoms with E-state index in [9.17, 15) is 13.5 Å². The van der Waals surface area contributed by atoms with Crippen LogP contribution in [-0.2, 0) is 14.8 Å². The molecule has 0 bridgehead atoms. The maximum absolute atomic E-state index is 12.3. The summed E-state index contributed by atoms with van der Waals surface area (Å²) in [4.78, 5) is 0.0966. The molecule has 1 saturated heterocycles. The van der Waals surface area contributed by atoms with Crippen LogP contribution >= 0.6 is 11.6 Å². The van der Waals surface area contributed by atoms with Gasteiger partial charge in [0, 0.05) is 18.2 Å². The van der Waals surface area contributed by atoms with Crippen molar-refractivity contribution < 1.29 is 18.3 Å². The molecule has 19 heavy (non-hydrogen) atoms. The van der Waals surface area contributed by atoms with E-state index in [0.717, 1.165) is 0 Å². The second-order valence-corrected chi connectivity index (χ2v) is 6.73. The van der Waals surface area contributed by atoms with Crippen LogP contribution in [0.1, 0.15) is 12.8 Å². The number of hydrogen-bond donors (Lipinski definition) is 2. The highest BCUT2D eigenvalue weighted by Crippen LogP contribution is 2.24. The standard InChI is InChI=1S/C12H16ClNO4S/c13-10-2-1-3-11(8-10)19(16,17)14-12(9-15)4-6-18-7-5-12/h1-3,8,14-15H,4-7,9H2. The number of nitrogens with one attached hydrogen (secondary N) is 1. The Morgan fingerprint density at radius 1 is 1.37 bits per heavy atom. The second kappa shape index (κ2) is 5.76. The number of rotatable bonds is 4. The molecular weight excluding hydrogens is 290 g/mol. The maximum Gasteiger partial charge on any atom is 0.241 e. The zero-order valence-electron chi connectivity index (χ0n) is 10.3. The van der Waals surface area contributed by atoms with Crippen molar-refractivity contribution in [2.45, 2.75) is 23.3 Å². The van der Waals surface area contributed by atoms with Gasteiger partial charge in [0.2, 0.25) is 10.0 Å². The third-order valence-electron chi connectivity index (χ3n) is 3.21. The van der Waals surface area contributed by atoms with Crippen molar-refractivity contribution >= 4 is 21.6 Å². The van der Waals surface area contributed by atoms with Crippen LogP contribution in [-0.4, -0.2) is 38.9 Å². The van der Waals surface area contributed by atoms with Crippen molar-refractivity contribution in [2.75, 3.05) is 19.8 Å².